The Morgan fingerprint density at radius 3 is 2.43 bits per heavy atom. The fourth-order valence-electron chi connectivity index (χ4n) is 4.93. The van der Waals surface area contributed by atoms with Crippen LogP contribution in [0.3, 0.4) is 0 Å². The second kappa shape index (κ2) is 11.9. The van der Waals surface area contributed by atoms with Gasteiger partial charge >= 0.3 is 0 Å². The number of amides is 2. The van der Waals surface area contributed by atoms with E-state index in [9.17, 15) is 14.9 Å². The minimum Gasteiger partial charge on any atom is -0.464 e. The first-order chi connectivity index (χ1) is 17.9. The standard InChI is InChI=1S/C30H34N4O3/c1-21(2)30(36)34-22(3)18-33(19-26-8-5-4-7-24(26)14-15-31)20-27(34)29(35)32-17-23-10-12-25(13-11-23)28-9-6-16-37-28/h4-13,16,21-22,27H,14,17-20H2,1-3H3,(H,32,35). The molecular formula is C30H34N4O3. The summed E-state index contributed by atoms with van der Waals surface area (Å²) in [6.45, 7) is 7.84. The first-order valence-electron chi connectivity index (χ1n) is 12.8. The van der Waals surface area contributed by atoms with E-state index >= 15 is 0 Å². The molecule has 0 radical (unpaired) electrons. The van der Waals surface area contributed by atoms with Crippen LogP contribution in [0.5, 0.6) is 0 Å². The average Bonchev–Trinajstić information content (AvgIpc) is 3.43. The molecule has 1 fully saturated rings. The number of benzene rings is 2. The monoisotopic (exact) mass is 498 g/mol. The highest BCUT2D eigenvalue weighted by molar-refractivity contribution is 5.89. The highest BCUT2D eigenvalue weighted by Gasteiger charge is 2.40. The molecule has 2 heterocycles. The maximum Gasteiger partial charge on any atom is 0.244 e. The smallest absolute Gasteiger partial charge is 0.244 e. The van der Waals surface area contributed by atoms with E-state index in [2.05, 4.69) is 16.3 Å². The van der Waals surface area contributed by atoms with Crippen molar-refractivity contribution in [1.29, 1.82) is 5.26 Å². The summed E-state index contributed by atoms with van der Waals surface area (Å²) in [5.41, 5.74) is 4.02. The van der Waals surface area contributed by atoms with Crippen LogP contribution in [-0.4, -0.2) is 46.8 Å². The molecule has 2 unspecified atom stereocenters. The van der Waals surface area contributed by atoms with Gasteiger partial charge in [-0.2, -0.15) is 5.26 Å². The van der Waals surface area contributed by atoms with E-state index < -0.39 is 6.04 Å². The molecule has 2 aromatic carbocycles. The zero-order valence-electron chi connectivity index (χ0n) is 21.7. The van der Waals surface area contributed by atoms with Gasteiger partial charge in [-0.25, -0.2) is 0 Å². The fourth-order valence-corrected chi connectivity index (χ4v) is 4.93. The molecule has 2 atom stereocenters. The predicted molar refractivity (Wildman–Crippen MR) is 142 cm³/mol. The molecule has 1 N–H and O–H groups in total. The first-order valence-corrected chi connectivity index (χ1v) is 12.8. The van der Waals surface area contributed by atoms with E-state index in [0.29, 0.717) is 32.6 Å². The molecule has 4 rings (SSSR count). The van der Waals surface area contributed by atoms with Crippen LogP contribution in [0.15, 0.2) is 71.3 Å². The van der Waals surface area contributed by atoms with E-state index in [1.165, 1.54) is 0 Å². The van der Waals surface area contributed by atoms with Gasteiger partial charge in [0.05, 0.1) is 18.8 Å². The summed E-state index contributed by atoms with van der Waals surface area (Å²) >= 11 is 0. The van der Waals surface area contributed by atoms with Crippen LogP contribution in [0, 0.1) is 17.2 Å². The summed E-state index contributed by atoms with van der Waals surface area (Å²) in [5, 5.41) is 12.3. The molecule has 0 bridgehead atoms. The third kappa shape index (κ3) is 6.28. The van der Waals surface area contributed by atoms with Gasteiger partial charge in [0, 0.05) is 43.7 Å². The summed E-state index contributed by atoms with van der Waals surface area (Å²) in [6, 6.07) is 21.1. The maximum absolute atomic E-state index is 13.5. The highest BCUT2D eigenvalue weighted by Crippen LogP contribution is 2.23. The molecule has 0 spiro atoms. The van der Waals surface area contributed by atoms with Gasteiger partial charge in [-0.3, -0.25) is 14.5 Å². The van der Waals surface area contributed by atoms with E-state index in [0.717, 1.165) is 28.0 Å². The molecule has 0 aliphatic carbocycles. The minimum atomic E-state index is -0.593. The molecule has 7 heteroatoms. The molecule has 1 aliphatic heterocycles. The van der Waals surface area contributed by atoms with Gasteiger partial charge in [-0.15, -0.1) is 0 Å². The number of piperazine rings is 1. The highest BCUT2D eigenvalue weighted by atomic mass is 16.3. The van der Waals surface area contributed by atoms with Crippen LogP contribution < -0.4 is 5.32 Å². The summed E-state index contributed by atoms with van der Waals surface area (Å²) in [6.07, 6.45) is 1.99. The SMILES string of the molecule is CC(C)C(=O)N1C(C)CN(Cc2ccccc2CC#N)CC1C(=O)NCc1ccc(-c2ccco2)cc1. The van der Waals surface area contributed by atoms with Crippen molar-refractivity contribution >= 4 is 11.8 Å². The van der Waals surface area contributed by atoms with Gasteiger partial charge in [0.2, 0.25) is 11.8 Å². The third-order valence-corrected chi connectivity index (χ3v) is 6.82. The van der Waals surface area contributed by atoms with E-state index in [-0.39, 0.29) is 23.8 Å². The predicted octanol–water partition coefficient (Wildman–Crippen LogP) is 4.39. The Labute approximate surface area is 218 Å². The van der Waals surface area contributed by atoms with Crippen molar-refractivity contribution in [3.63, 3.8) is 0 Å². The molecule has 3 aromatic rings. The number of rotatable bonds is 8. The van der Waals surface area contributed by atoms with Crippen molar-refractivity contribution in [3.8, 4) is 17.4 Å². The van der Waals surface area contributed by atoms with Crippen molar-refractivity contribution in [1.82, 2.24) is 15.1 Å². The lowest BCUT2D eigenvalue weighted by molar-refractivity contribution is -0.150. The topological polar surface area (TPSA) is 89.6 Å². The fraction of sp³-hybridized carbons (Fsp3) is 0.367. The lowest BCUT2D eigenvalue weighted by Gasteiger charge is -2.45. The number of hydrogen-bond acceptors (Lipinski definition) is 5. The first kappa shape index (κ1) is 26.2. The molecule has 1 saturated heterocycles. The van der Waals surface area contributed by atoms with Crippen LogP contribution in [0.4, 0.5) is 0 Å². The third-order valence-electron chi connectivity index (χ3n) is 6.82. The van der Waals surface area contributed by atoms with Gasteiger partial charge in [0.1, 0.15) is 11.8 Å². The van der Waals surface area contributed by atoms with Crippen LogP contribution >= 0.6 is 0 Å². The van der Waals surface area contributed by atoms with Gasteiger partial charge in [-0.1, -0.05) is 62.4 Å². The summed E-state index contributed by atoms with van der Waals surface area (Å²) in [5.74, 6) is 0.423. The second-order valence-electron chi connectivity index (χ2n) is 9.95. The zero-order chi connectivity index (χ0) is 26.4. The van der Waals surface area contributed by atoms with E-state index in [1.54, 1.807) is 11.2 Å². The van der Waals surface area contributed by atoms with Crippen molar-refractivity contribution in [2.45, 2.75) is 52.4 Å². The number of carbonyl (C=O) groups is 2. The number of nitrogens with zero attached hydrogens (tertiary/aromatic N) is 3. The Balaban J connectivity index is 1.48. The van der Waals surface area contributed by atoms with Crippen LogP contribution in [0.1, 0.15) is 37.5 Å². The lowest BCUT2D eigenvalue weighted by atomic mass is 10.00. The van der Waals surface area contributed by atoms with E-state index in [4.69, 9.17) is 4.42 Å². The van der Waals surface area contributed by atoms with Gasteiger partial charge in [-0.05, 0) is 35.7 Å². The quantitative estimate of drug-likeness (QED) is 0.498. The Hall–Kier alpha value is -3.89. The van der Waals surface area contributed by atoms with Gasteiger partial charge in [0.15, 0.2) is 0 Å². The Morgan fingerprint density at radius 2 is 1.78 bits per heavy atom. The molecular weight excluding hydrogens is 464 g/mol. The molecule has 2 amide bonds. The van der Waals surface area contributed by atoms with Crippen molar-refractivity contribution in [2.75, 3.05) is 13.1 Å². The average molecular weight is 499 g/mol. The Morgan fingerprint density at radius 1 is 1.05 bits per heavy atom. The molecule has 1 aromatic heterocycles. The Bertz CT molecular complexity index is 1240. The molecule has 1 aliphatic rings. The number of nitriles is 1. The maximum atomic E-state index is 13.5. The van der Waals surface area contributed by atoms with E-state index in [1.807, 2.05) is 81.4 Å². The van der Waals surface area contributed by atoms with Gasteiger partial charge < -0.3 is 14.6 Å². The normalized spacial score (nSPS) is 18.0. The number of carbonyl (C=O) groups excluding carboxylic acids is 2. The van der Waals surface area contributed by atoms with Gasteiger partial charge in [0.25, 0.3) is 0 Å². The molecule has 0 saturated carbocycles. The van der Waals surface area contributed by atoms with Crippen LogP contribution in [0.2, 0.25) is 0 Å². The second-order valence-corrected chi connectivity index (χ2v) is 9.95. The van der Waals surface area contributed by atoms with Crippen molar-refractivity contribution in [3.05, 3.63) is 83.6 Å². The lowest BCUT2D eigenvalue weighted by Crippen LogP contribution is -2.64. The molecule has 7 nitrogen and oxygen atoms in total. The van der Waals surface area contributed by atoms with Crippen molar-refractivity contribution < 1.29 is 14.0 Å². The molecule has 192 valence electrons. The zero-order valence-corrected chi connectivity index (χ0v) is 21.7. The summed E-state index contributed by atoms with van der Waals surface area (Å²) in [7, 11) is 0. The molecule has 37 heavy (non-hydrogen) atoms. The minimum absolute atomic E-state index is 0.0139. The van der Waals surface area contributed by atoms with Crippen LogP contribution in [-0.2, 0) is 29.1 Å². The number of nitrogens with one attached hydrogen (secondary N) is 1. The number of furan rings is 1. The summed E-state index contributed by atoms with van der Waals surface area (Å²) in [4.78, 5) is 30.6. The summed E-state index contributed by atoms with van der Waals surface area (Å²) < 4.78 is 5.45. The van der Waals surface area contributed by atoms with Crippen molar-refractivity contribution in [2.24, 2.45) is 5.92 Å². The number of hydrogen-bond donors (Lipinski definition) is 1. The van der Waals surface area contributed by atoms with Crippen LogP contribution in [0.25, 0.3) is 11.3 Å². The Kier molecular flexibility index (Phi) is 8.42. The largest absolute Gasteiger partial charge is 0.464 e.